The van der Waals surface area contributed by atoms with Gasteiger partial charge in [0, 0.05) is 22.9 Å². The van der Waals surface area contributed by atoms with E-state index in [1.807, 2.05) is 73.7 Å². The van der Waals surface area contributed by atoms with Crippen molar-refractivity contribution in [1.29, 1.82) is 0 Å². The topological polar surface area (TPSA) is 51.5 Å². The lowest BCUT2D eigenvalue weighted by Crippen LogP contribution is -2.12. The SMILES string of the molecule is Cc1cccc(OCCCC(=O)Nc2ccc3oc4ccccc4c3c2)c1. The van der Waals surface area contributed by atoms with Crippen LogP contribution in [-0.4, -0.2) is 12.5 Å². The highest BCUT2D eigenvalue weighted by molar-refractivity contribution is 6.06. The fourth-order valence-electron chi connectivity index (χ4n) is 3.16. The summed E-state index contributed by atoms with van der Waals surface area (Å²) >= 11 is 0. The maximum Gasteiger partial charge on any atom is 0.224 e. The Morgan fingerprint density at radius 3 is 2.70 bits per heavy atom. The molecule has 4 nitrogen and oxygen atoms in total. The van der Waals surface area contributed by atoms with E-state index in [0.717, 1.165) is 38.9 Å². The number of anilines is 1. The maximum atomic E-state index is 12.2. The Hall–Kier alpha value is -3.27. The van der Waals surface area contributed by atoms with E-state index in [-0.39, 0.29) is 5.91 Å². The lowest BCUT2D eigenvalue weighted by molar-refractivity contribution is -0.116. The fraction of sp³-hybridized carbons (Fsp3) is 0.174. The number of carbonyl (C=O) groups excluding carboxylic acids is 1. The van der Waals surface area contributed by atoms with E-state index in [9.17, 15) is 4.79 Å². The van der Waals surface area contributed by atoms with Gasteiger partial charge in [0.15, 0.2) is 0 Å². The Morgan fingerprint density at radius 1 is 0.963 bits per heavy atom. The molecule has 1 amide bonds. The van der Waals surface area contributed by atoms with Gasteiger partial charge in [-0.25, -0.2) is 0 Å². The second-order valence-electron chi connectivity index (χ2n) is 6.63. The van der Waals surface area contributed by atoms with E-state index >= 15 is 0 Å². The molecule has 0 unspecified atom stereocenters. The van der Waals surface area contributed by atoms with Crippen LogP contribution < -0.4 is 10.1 Å². The summed E-state index contributed by atoms with van der Waals surface area (Å²) in [6.45, 7) is 2.54. The molecular formula is C23H21NO3. The molecule has 27 heavy (non-hydrogen) atoms. The minimum absolute atomic E-state index is 0.0185. The number of nitrogens with one attached hydrogen (secondary N) is 1. The zero-order valence-electron chi connectivity index (χ0n) is 15.2. The van der Waals surface area contributed by atoms with Gasteiger partial charge in [0.1, 0.15) is 16.9 Å². The van der Waals surface area contributed by atoms with Crippen LogP contribution >= 0.6 is 0 Å². The lowest BCUT2D eigenvalue weighted by atomic mass is 10.1. The van der Waals surface area contributed by atoms with Crippen molar-refractivity contribution in [2.45, 2.75) is 19.8 Å². The maximum absolute atomic E-state index is 12.2. The van der Waals surface area contributed by atoms with Gasteiger partial charge in [-0.3, -0.25) is 4.79 Å². The minimum Gasteiger partial charge on any atom is -0.494 e. The third-order valence-corrected chi connectivity index (χ3v) is 4.47. The summed E-state index contributed by atoms with van der Waals surface area (Å²) in [7, 11) is 0. The van der Waals surface area contributed by atoms with Gasteiger partial charge in [0.25, 0.3) is 0 Å². The molecule has 0 saturated carbocycles. The van der Waals surface area contributed by atoms with Gasteiger partial charge >= 0.3 is 0 Å². The Labute approximate surface area is 157 Å². The molecule has 0 bridgehead atoms. The predicted molar refractivity (Wildman–Crippen MR) is 108 cm³/mol. The molecule has 0 atom stereocenters. The van der Waals surface area contributed by atoms with Crippen LogP contribution in [0.25, 0.3) is 21.9 Å². The summed E-state index contributed by atoms with van der Waals surface area (Å²) in [4.78, 5) is 12.2. The second kappa shape index (κ2) is 7.54. The molecule has 4 rings (SSSR count). The van der Waals surface area contributed by atoms with Crippen LogP contribution in [-0.2, 0) is 4.79 Å². The molecule has 0 aliphatic rings. The van der Waals surface area contributed by atoms with Crippen molar-refractivity contribution in [3.63, 3.8) is 0 Å². The molecule has 4 aromatic rings. The van der Waals surface area contributed by atoms with Crippen LogP contribution in [0.1, 0.15) is 18.4 Å². The summed E-state index contributed by atoms with van der Waals surface area (Å²) < 4.78 is 11.5. The Morgan fingerprint density at radius 2 is 1.81 bits per heavy atom. The average Bonchev–Trinajstić information content (AvgIpc) is 3.03. The van der Waals surface area contributed by atoms with Crippen molar-refractivity contribution in [2.24, 2.45) is 0 Å². The standard InChI is InChI=1S/C23H21NO3/c1-16-6-4-7-18(14-16)26-13-5-10-23(25)24-17-11-12-22-20(15-17)19-8-2-3-9-21(19)27-22/h2-4,6-9,11-12,14-15H,5,10,13H2,1H3,(H,24,25). The third kappa shape index (κ3) is 3.95. The smallest absolute Gasteiger partial charge is 0.224 e. The molecule has 0 aliphatic carbocycles. The van der Waals surface area contributed by atoms with Gasteiger partial charge in [-0.2, -0.15) is 0 Å². The van der Waals surface area contributed by atoms with Crippen LogP contribution in [0.15, 0.2) is 71.1 Å². The molecule has 4 heteroatoms. The van der Waals surface area contributed by atoms with Crippen molar-refractivity contribution >= 4 is 33.5 Å². The van der Waals surface area contributed by atoms with Crippen molar-refractivity contribution in [2.75, 3.05) is 11.9 Å². The third-order valence-electron chi connectivity index (χ3n) is 4.47. The van der Waals surface area contributed by atoms with Crippen LogP contribution in [0.4, 0.5) is 5.69 Å². The normalized spacial score (nSPS) is 11.0. The molecule has 0 aliphatic heterocycles. The van der Waals surface area contributed by atoms with Crippen molar-refractivity contribution in [1.82, 2.24) is 0 Å². The molecular weight excluding hydrogens is 338 g/mol. The Bertz CT molecular complexity index is 1100. The van der Waals surface area contributed by atoms with Gasteiger partial charge in [0.05, 0.1) is 6.61 Å². The highest BCUT2D eigenvalue weighted by atomic mass is 16.5. The molecule has 0 spiro atoms. The first-order chi connectivity index (χ1) is 13.2. The molecule has 0 radical (unpaired) electrons. The second-order valence-corrected chi connectivity index (χ2v) is 6.63. The van der Waals surface area contributed by atoms with E-state index < -0.39 is 0 Å². The van der Waals surface area contributed by atoms with E-state index in [0.29, 0.717) is 19.4 Å². The van der Waals surface area contributed by atoms with E-state index in [2.05, 4.69) is 5.32 Å². The zero-order valence-corrected chi connectivity index (χ0v) is 15.2. The lowest BCUT2D eigenvalue weighted by Gasteiger charge is -2.08. The number of amides is 1. The average molecular weight is 359 g/mol. The number of benzene rings is 3. The molecule has 136 valence electrons. The van der Waals surface area contributed by atoms with Crippen molar-refractivity contribution in [3.05, 3.63) is 72.3 Å². The highest BCUT2D eigenvalue weighted by Gasteiger charge is 2.08. The van der Waals surface area contributed by atoms with Gasteiger partial charge in [0.2, 0.25) is 5.91 Å². The molecule has 1 N–H and O–H groups in total. The summed E-state index contributed by atoms with van der Waals surface area (Å²) in [6, 6.07) is 21.5. The van der Waals surface area contributed by atoms with E-state index in [1.54, 1.807) is 0 Å². The number of fused-ring (bicyclic) bond motifs is 3. The number of aryl methyl sites for hydroxylation is 1. The van der Waals surface area contributed by atoms with Crippen LogP contribution in [0, 0.1) is 6.92 Å². The van der Waals surface area contributed by atoms with Gasteiger partial charge < -0.3 is 14.5 Å². The largest absolute Gasteiger partial charge is 0.494 e. The van der Waals surface area contributed by atoms with Crippen molar-refractivity contribution < 1.29 is 13.9 Å². The van der Waals surface area contributed by atoms with Crippen molar-refractivity contribution in [3.8, 4) is 5.75 Å². The van der Waals surface area contributed by atoms with Gasteiger partial charge in [-0.15, -0.1) is 0 Å². The number of carbonyl (C=O) groups is 1. The Balaban J connectivity index is 1.34. The Kier molecular flexibility index (Phi) is 4.79. The van der Waals surface area contributed by atoms with Gasteiger partial charge in [-0.05, 0) is 55.3 Å². The number of ether oxygens (including phenoxy) is 1. The number of para-hydroxylation sites is 1. The first-order valence-corrected chi connectivity index (χ1v) is 9.10. The number of hydrogen-bond donors (Lipinski definition) is 1. The summed E-state index contributed by atoms with van der Waals surface area (Å²) in [5.41, 5.74) is 3.61. The quantitative estimate of drug-likeness (QED) is 0.450. The predicted octanol–water partition coefficient (Wildman–Crippen LogP) is 5.69. The summed E-state index contributed by atoms with van der Waals surface area (Å²) in [5.74, 6) is 0.822. The van der Waals surface area contributed by atoms with Crippen LogP contribution in [0.2, 0.25) is 0 Å². The minimum atomic E-state index is -0.0185. The summed E-state index contributed by atoms with van der Waals surface area (Å²) in [5, 5.41) is 5.02. The van der Waals surface area contributed by atoms with Crippen LogP contribution in [0.3, 0.4) is 0 Å². The summed E-state index contributed by atoms with van der Waals surface area (Å²) in [6.07, 6.45) is 1.08. The van der Waals surface area contributed by atoms with E-state index in [1.165, 1.54) is 0 Å². The number of furan rings is 1. The van der Waals surface area contributed by atoms with Gasteiger partial charge in [-0.1, -0.05) is 30.3 Å². The monoisotopic (exact) mass is 359 g/mol. The molecule has 1 heterocycles. The molecule has 3 aromatic carbocycles. The number of rotatable bonds is 6. The first kappa shape index (κ1) is 17.2. The number of hydrogen-bond acceptors (Lipinski definition) is 3. The fourth-order valence-corrected chi connectivity index (χ4v) is 3.16. The first-order valence-electron chi connectivity index (χ1n) is 9.10. The van der Waals surface area contributed by atoms with E-state index in [4.69, 9.17) is 9.15 Å². The molecule has 0 saturated heterocycles. The van der Waals surface area contributed by atoms with Crippen LogP contribution in [0.5, 0.6) is 5.75 Å². The molecule has 1 aromatic heterocycles. The highest BCUT2D eigenvalue weighted by Crippen LogP contribution is 2.30. The molecule has 0 fully saturated rings. The zero-order chi connectivity index (χ0) is 18.6.